The van der Waals surface area contributed by atoms with Crippen LogP contribution in [0.3, 0.4) is 0 Å². The number of aromatic nitrogens is 12. The normalized spacial score (nSPS) is 12.5. The molecule has 12 heterocycles. The fraction of sp³-hybridized carbons (Fsp3) is 0.0833. The van der Waals surface area contributed by atoms with Crippen LogP contribution in [0.1, 0.15) is 33.4 Å². The third-order valence-electron chi connectivity index (χ3n) is 16.0. The van der Waals surface area contributed by atoms with E-state index in [9.17, 15) is 79.0 Å². The van der Waals surface area contributed by atoms with Gasteiger partial charge >= 0.3 is 37.1 Å². The van der Waals surface area contributed by atoms with Crippen molar-refractivity contribution in [2.24, 2.45) is 0 Å². The van der Waals surface area contributed by atoms with Gasteiger partial charge in [-0.25, -0.2) is 59.8 Å². The summed E-state index contributed by atoms with van der Waals surface area (Å²) >= 11 is 16.0. The quantitative estimate of drug-likeness (QED) is 0.107. The van der Waals surface area contributed by atoms with Gasteiger partial charge in [0.2, 0.25) is 0 Å². The number of thiazole rings is 12. The van der Waals surface area contributed by atoms with Gasteiger partial charge in [-0.15, -0.1) is 68.0 Å². The summed E-state index contributed by atoms with van der Waals surface area (Å²) in [6.45, 7) is 0. The van der Waals surface area contributed by atoms with Crippen molar-refractivity contribution in [3.63, 3.8) is 0 Å². The second-order valence-corrected chi connectivity index (χ2v) is 35.6. The Morgan fingerprint density at radius 3 is 0.395 bits per heavy atom. The Hall–Kier alpha value is -9.60. The van der Waals surface area contributed by atoms with Crippen LogP contribution in [0.5, 0.6) is 0 Å². The van der Waals surface area contributed by atoms with Gasteiger partial charge < -0.3 is 0 Å². The van der Waals surface area contributed by atoms with Crippen LogP contribution >= 0.6 is 136 Å². The lowest BCUT2D eigenvalue weighted by molar-refractivity contribution is -0.138. The molecule has 0 aliphatic carbocycles. The SMILES string of the molecule is FC(F)(F)c1ccc(-c2cnc(-c3nc4sc(-c5ncc(-c6ccc(C(F)(F)F)cc6)s5)nc4s3)s2)cc1.FC(F)(F)c1ccc(-c2cnc(-c3nc4sc(-c5ncc(-c6ccc(C(F)(F)F)cc6)s5)nc4s3)s2)cc1.FC(F)(F)c1ccc(-c2cnc(-c3nc4sc(-c5ncc(-c6ccc(C(F)(F)F)cc6)s5)nc4s3)s2)cc1. The molecule has 18 rings (SSSR count). The maximum atomic E-state index is 12.8. The van der Waals surface area contributed by atoms with Gasteiger partial charge in [0.1, 0.15) is 0 Å². The van der Waals surface area contributed by atoms with Crippen molar-refractivity contribution in [3.8, 4) is 123 Å². The van der Waals surface area contributed by atoms with Crippen LogP contribution in [0.4, 0.5) is 79.0 Å². The Morgan fingerprint density at radius 2 is 0.281 bits per heavy atom. The van der Waals surface area contributed by atoms with Crippen LogP contribution in [0.15, 0.2) is 183 Å². The highest BCUT2D eigenvalue weighted by molar-refractivity contribution is 7.34. The fourth-order valence-corrected chi connectivity index (χ4v) is 22.3. The zero-order chi connectivity index (χ0) is 80.0. The smallest absolute Gasteiger partial charge is 0.241 e. The van der Waals surface area contributed by atoms with Gasteiger partial charge in [-0.2, -0.15) is 79.0 Å². The summed E-state index contributed by atoms with van der Waals surface area (Å²) in [5, 5.41) is 7.71. The first-order valence-corrected chi connectivity index (χ1v) is 41.6. The molecule has 0 bridgehead atoms. The third kappa shape index (κ3) is 17.1. The van der Waals surface area contributed by atoms with E-state index in [1.807, 2.05) is 0 Å². The molecule has 12 nitrogen and oxygen atoms in total. The van der Waals surface area contributed by atoms with E-state index in [0.717, 1.165) is 102 Å². The van der Waals surface area contributed by atoms with Crippen molar-refractivity contribution in [3.05, 3.63) is 216 Å². The average Bonchev–Trinajstić information content (AvgIpc) is 1.63. The molecule has 6 aromatic carbocycles. The number of hydrogen-bond acceptors (Lipinski definition) is 24. The molecular formula is C72H30F18N12S12. The molecule has 0 N–H and O–H groups in total. The number of rotatable bonds is 12. The Bertz CT molecular complexity index is 5370. The number of hydrogen-bond donors (Lipinski definition) is 0. The first-order chi connectivity index (χ1) is 54.1. The maximum Gasteiger partial charge on any atom is 0.416 e. The summed E-state index contributed by atoms with van der Waals surface area (Å²) in [7, 11) is 0. The van der Waals surface area contributed by atoms with Gasteiger partial charge in [0.15, 0.2) is 89.1 Å². The zero-order valence-corrected chi connectivity index (χ0v) is 65.2. The van der Waals surface area contributed by atoms with Crippen LogP contribution in [-0.4, -0.2) is 59.8 Å². The maximum absolute atomic E-state index is 12.8. The number of nitrogens with zero attached hydrogens (tertiary/aromatic N) is 12. The molecule has 0 aliphatic heterocycles. The molecule has 0 spiro atoms. The molecule has 0 saturated carbocycles. The predicted octanol–water partition coefficient (Wildman–Crippen LogP) is 28.1. The lowest BCUT2D eigenvalue weighted by Crippen LogP contribution is -2.03. The zero-order valence-electron chi connectivity index (χ0n) is 55.4. The molecule has 0 atom stereocenters. The Kier molecular flexibility index (Phi) is 21.0. The van der Waals surface area contributed by atoms with E-state index in [0.29, 0.717) is 122 Å². The molecule has 18 aromatic rings. The highest BCUT2D eigenvalue weighted by Gasteiger charge is 2.36. The van der Waals surface area contributed by atoms with Crippen molar-refractivity contribution < 1.29 is 79.0 Å². The Balaban J connectivity index is 0.000000129. The van der Waals surface area contributed by atoms with Crippen LogP contribution in [0.25, 0.3) is 152 Å². The molecule has 42 heteroatoms. The van der Waals surface area contributed by atoms with Crippen LogP contribution < -0.4 is 0 Å². The predicted molar refractivity (Wildman–Crippen MR) is 415 cm³/mol. The van der Waals surface area contributed by atoms with Gasteiger partial charge in [-0.3, -0.25) is 0 Å². The van der Waals surface area contributed by atoms with Crippen molar-refractivity contribution in [2.45, 2.75) is 37.1 Å². The minimum absolute atomic E-state index is 0.633. The average molecular weight is 1790 g/mol. The van der Waals surface area contributed by atoms with E-state index in [1.54, 1.807) is 37.2 Å². The van der Waals surface area contributed by atoms with Crippen molar-refractivity contribution in [2.75, 3.05) is 0 Å². The molecular weight excluding hydrogens is 1760 g/mol. The van der Waals surface area contributed by atoms with Gasteiger partial charge in [0.05, 0.1) is 62.6 Å². The monoisotopic (exact) mass is 1790 g/mol. The lowest BCUT2D eigenvalue weighted by atomic mass is 10.1. The summed E-state index contributed by atoms with van der Waals surface area (Å²) in [5.74, 6) is 0. The van der Waals surface area contributed by atoms with Gasteiger partial charge in [-0.05, 0) is 106 Å². The lowest BCUT2D eigenvalue weighted by Gasteiger charge is -2.06. The van der Waals surface area contributed by atoms with E-state index >= 15 is 0 Å². The summed E-state index contributed by atoms with van der Waals surface area (Å²) in [4.78, 5) is 62.6. The Labute approximate surface area is 674 Å². The molecule has 0 fully saturated rings. The number of alkyl halides is 18. The molecule has 0 radical (unpaired) electrons. The van der Waals surface area contributed by atoms with E-state index in [2.05, 4.69) is 59.8 Å². The minimum atomic E-state index is -4.39. The van der Waals surface area contributed by atoms with Gasteiger partial charge in [0, 0.05) is 37.2 Å². The van der Waals surface area contributed by atoms with E-state index in [4.69, 9.17) is 0 Å². The second kappa shape index (κ2) is 30.5. The molecule has 0 unspecified atom stereocenters. The second-order valence-electron chi connectivity index (χ2n) is 23.6. The number of fused-ring (bicyclic) bond motifs is 3. The van der Waals surface area contributed by atoms with E-state index < -0.39 is 70.4 Å². The molecule has 0 amide bonds. The molecule has 0 aliphatic rings. The summed E-state index contributed by atoms with van der Waals surface area (Å²) < 4.78 is 231. The topological polar surface area (TPSA) is 155 Å². The third-order valence-corrected chi connectivity index (χ3v) is 29.3. The number of benzene rings is 6. The number of halogens is 18. The van der Waals surface area contributed by atoms with Crippen molar-refractivity contribution in [1.29, 1.82) is 0 Å². The van der Waals surface area contributed by atoms with E-state index in [1.165, 1.54) is 209 Å². The molecule has 576 valence electrons. The first-order valence-electron chi connectivity index (χ1n) is 31.8. The standard InChI is InChI=1S/3C24H10F6N4S4/c3*25-23(26,27)13-5-1-11(2-6-13)15-9-31-17(35-15)19-33-21-22(37-19)34-20(38-21)18-32-10-16(36-18)12-3-7-14(8-4-12)24(28,29)30/h3*1-10H. The molecule has 0 saturated heterocycles. The summed E-state index contributed by atoms with van der Waals surface area (Å²) in [6.07, 6.45) is -16.7. The van der Waals surface area contributed by atoms with Gasteiger partial charge in [0.25, 0.3) is 0 Å². The Morgan fingerprint density at radius 1 is 0.158 bits per heavy atom. The first kappa shape index (κ1) is 78.3. The van der Waals surface area contributed by atoms with Gasteiger partial charge in [-0.1, -0.05) is 141 Å². The van der Waals surface area contributed by atoms with Crippen LogP contribution in [0, 0.1) is 0 Å². The fourth-order valence-electron chi connectivity index (χ4n) is 10.5. The van der Waals surface area contributed by atoms with Crippen molar-refractivity contribution >= 4 is 165 Å². The highest BCUT2D eigenvalue weighted by Crippen LogP contribution is 2.48. The summed E-state index contributed by atoms with van der Waals surface area (Å²) in [5.41, 5.74) is -0.456. The summed E-state index contributed by atoms with van der Waals surface area (Å²) in [6, 6.07) is 29.5. The minimum Gasteiger partial charge on any atom is -0.241 e. The highest BCUT2D eigenvalue weighted by atomic mass is 32.1. The largest absolute Gasteiger partial charge is 0.416 e. The van der Waals surface area contributed by atoms with Crippen molar-refractivity contribution in [1.82, 2.24) is 59.8 Å². The van der Waals surface area contributed by atoms with E-state index in [-0.39, 0.29) is 0 Å². The molecule has 12 aromatic heterocycles. The van der Waals surface area contributed by atoms with Crippen LogP contribution in [-0.2, 0) is 37.1 Å². The molecule has 114 heavy (non-hydrogen) atoms. The van der Waals surface area contributed by atoms with Crippen LogP contribution in [0.2, 0.25) is 0 Å².